The van der Waals surface area contributed by atoms with E-state index in [4.69, 9.17) is 4.42 Å². The average Bonchev–Trinajstić information content (AvgIpc) is 2.57. The number of furan rings is 1. The molecule has 1 aliphatic carbocycles. The van der Waals surface area contributed by atoms with Crippen LogP contribution >= 0.6 is 0 Å². The minimum absolute atomic E-state index is 0.185. The van der Waals surface area contributed by atoms with Gasteiger partial charge in [0.05, 0.1) is 12.6 Å². The highest BCUT2D eigenvalue weighted by Crippen LogP contribution is 2.25. The van der Waals surface area contributed by atoms with Crippen molar-refractivity contribution in [3.05, 3.63) is 28.0 Å². The summed E-state index contributed by atoms with van der Waals surface area (Å²) in [5.74, 6) is 1.23. The summed E-state index contributed by atoms with van der Waals surface area (Å²) in [4.78, 5) is 9.82. The molecule has 5 heteroatoms. The normalized spacial score (nSPS) is 16.3. The highest BCUT2D eigenvalue weighted by molar-refractivity contribution is 5.17. The predicted molar refractivity (Wildman–Crippen MR) is 54.4 cm³/mol. The zero-order chi connectivity index (χ0) is 10.7. The van der Waals surface area contributed by atoms with Crippen molar-refractivity contribution in [1.29, 1.82) is 0 Å². The summed E-state index contributed by atoms with van der Waals surface area (Å²) in [6.45, 7) is 1.55. The summed E-state index contributed by atoms with van der Waals surface area (Å²) < 4.78 is 5.02. The van der Waals surface area contributed by atoms with E-state index in [9.17, 15) is 10.1 Å². The maximum Gasteiger partial charge on any atom is 0.433 e. The zero-order valence-corrected chi connectivity index (χ0v) is 8.44. The molecule has 0 amide bonds. The fraction of sp³-hybridized carbons (Fsp3) is 0.600. The SMILES string of the molecule is O=[N+]([O-])c1ccc(CNCC2CCC2)o1. The Labute approximate surface area is 87.6 Å². The molecule has 1 aromatic rings. The van der Waals surface area contributed by atoms with Crippen LogP contribution in [-0.2, 0) is 6.54 Å². The van der Waals surface area contributed by atoms with Crippen LogP contribution in [-0.4, -0.2) is 11.5 Å². The van der Waals surface area contributed by atoms with Crippen molar-refractivity contribution in [2.24, 2.45) is 5.92 Å². The van der Waals surface area contributed by atoms with Crippen LogP contribution in [0, 0.1) is 16.0 Å². The Hall–Kier alpha value is -1.36. The van der Waals surface area contributed by atoms with E-state index in [1.54, 1.807) is 6.07 Å². The number of rotatable bonds is 5. The van der Waals surface area contributed by atoms with Crippen molar-refractivity contribution >= 4 is 5.88 Å². The van der Waals surface area contributed by atoms with Crippen LogP contribution < -0.4 is 5.32 Å². The van der Waals surface area contributed by atoms with Crippen LogP contribution in [0.1, 0.15) is 25.0 Å². The highest BCUT2D eigenvalue weighted by atomic mass is 16.6. The zero-order valence-electron chi connectivity index (χ0n) is 8.44. The second kappa shape index (κ2) is 4.44. The minimum Gasteiger partial charge on any atom is -0.404 e. The van der Waals surface area contributed by atoms with Crippen LogP contribution in [0.25, 0.3) is 0 Å². The smallest absolute Gasteiger partial charge is 0.404 e. The lowest BCUT2D eigenvalue weighted by atomic mass is 9.85. The Morgan fingerprint density at radius 3 is 2.87 bits per heavy atom. The molecule has 2 rings (SSSR count). The van der Waals surface area contributed by atoms with Crippen molar-refractivity contribution < 1.29 is 9.34 Å². The molecule has 1 fully saturated rings. The molecule has 0 atom stereocenters. The number of nitrogens with one attached hydrogen (secondary N) is 1. The molecule has 1 aromatic heterocycles. The van der Waals surface area contributed by atoms with Crippen LogP contribution in [0.5, 0.6) is 0 Å². The fourth-order valence-corrected chi connectivity index (χ4v) is 1.66. The van der Waals surface area contributed by atoms with Crippen molar-refractivity contribution in [2.75, 3.05) is 6.54 Å². The monoisotopic (exact) mass is 210 g/mol. The van der Waals surface area contributed by atoms with Gasteiger partial charge in [-0.3, -0.25) is 10.1 Å². The highest BCUT2D eigenvalue weighted by Gasteiger charge is 2.17. The summed E-state index contributed by atoms with van der Waals surface area (Å²) in [5.41, 5.74) is 0. The first kappa shape index (κ1) is 10.2. The summed E-state index contributed by atoms with van der Waals surface area (Å²) in [5, 5.41) is 13.6. The molecule has 0 unspecified atom stereocenters. The summed E-state index contributed by atoms with van der Waals surface area (Å²) >= 11 is 0. The van der Waals surface area contributed by atoms with Crippen molar-refractivity contribution in [1.82, 2.24) is 5.32 Å². The predicted octanol–water partition coefficient (Wildman–Crippen LogP) is 2.08. The molecular weight excluding hydrogens is 196 g/mol. The quantitative estimate of drug-likeness (QED) is 0.596. The molecule has 0 aliphatic heterocycles. The van der Waals surface area contributed by atoms with Gasteiger partial charge < -0.3 is 9.73 Å². The van der Waals surface area contributed by atoms with E-state index >= 15 is 0 Å². The van der Waals surface area contributed by atoms with Gasteiger partial charge in [0, 0.05) is 0 Å². The Kier molecular flexibility index (Phi) is 3.01. The van der Waals surface area contributed by atoms with Crippen LogP contribution in [0.15, 0.2) is 16.5 Å². The second-order valence-electron chi connectivity index (χ2n) is 3.92. The van der Waals surface area contributed by atoms with Gasteiger partial charge in [-0.2, -0.15) is 0 Å². The molecule has 15 heavy (non-hydrogen) atoms. The molecule has 5 nitrogen and oxygen atoms in total. The third kappa shape index (κ3) is 2.56. The Bertz CT molecular complexity index is 344. The van der Waals surface area contributed by atoms with E-state index < -0.39 is 4.92 Å². The molecular formula is C10H14N2O3. The fourth-order valence-electron chi connectivity index (χ4n) is 1.66. The molecule has 0 saturated heterocycles. The largest absolute Gasteiger partial charge is 0.433 e. The molecule has 1 N–H and O–H groups in total. The van der Waals surface area contributed by atoms with E-state index in [0.29, 0.717) is 12.3 Å². The molecule has 0 radical (unpaired) electrons. The third-order valence-corrected chi connectivity index (χ3v) is 2.78. The maximum absolute atomic E-state index is 10.3. The summed E-state index contributed by atoms with van der Waals surface area (Å²) in [7, 11) is 0. The van der Waals surface area contributed by atoms with E-state index in [0.717, 1.165) is 12.5 Å². The molecule has 82 valence electrons. The Balaban J connectivity index is 1.75. The Morgan fingerprint density at radius 2 is 2.33 bits per heavy atom. The first-order valence-corrected chi connectivity index (χ1v) is 5.19. The maximum atomic E-state index is 10.3. The number of nitro groups is 1. The summed E-state index contributed by atoms with van der Waals surface area (Å²) in [6, 6.07) is 3.03. The lowest BCUT2D eigenvalue weighted by Gasteiger charge is -2.25. The van der Waals surface area contributed by atoms with Gasteiger partial charge in [0.15, 0.2) is 0 Å². The van der Waals surface area contributed by atoms with Crippen molar-refractivity contribution in [2.45, 2.75) is 25.8 Å². The molecule has 0 spiro atoms. The van der Waals surface area contributed by atoms with Gasteiger partial charge in [-0.15, -0.1) is 0 Å². The van der Waals surface area contributed by atoms with E-state index in [1.165, 1.54) is 25.3 Å². The average molecular weight is 210 g/mol. The van der Waals surface area contributed by atoms with Gasteiger partial charge in [0.25, 0.3) is 0 Å². The lowest BCUT2D eigenvalue weighted by molar-refractivity contribution is -0.402. The summed E-state index contributed by atoms with van der Waals surface area (Å²) in [6.07, 6.45) is 3.93. The first-order chi connectivity index (χ1) is 7.25. The molecule has 0 bridgehead atoms. The molecule has 0 aromatic carbocycles. The van der Waals surface area contributed by atoms with Crippen LogP contribution in [0.3, 0.4) is 0 Å². The molecule has 1 saturated carbocycles. The van der Waals surface area contributed by atoms with Crippen LogP contribution in [0.4, 0.5) is 5.88 Å². The van der Waals surface area contributed by atoms with Crippen molar-refractivity contribution in [3.8, 4) is 0 Å². The van der Waals surface area contributed by atoms with Gasteiger partial charge >= 0.3 is 5.88 Å². The van der Waals surface area contributed by atoms with Crippen LogP contribution in [0.2, 0.25) is 0 Å². The molecule has 1 heterocycles. The van der Waals surface area contributed by atoms with Gasteiger partial charge in [0.2, 0.25) is 0 Å². The number of hydrogen-bond acceptors (Lipinski definition) is 4. The second-order valence-corrected chi connectivity index (χ2v) is 3.92. The van der Waals surface area contributed by atoms with Gasteiger partial charge in [-0.1, -0.05) is 6.42 Å². The standard InChI is InChI=1S/C10H14N2O3/c13-12(14)10-5-4-9(15-10)7-11-6-8-2-1-3-8/h4-5,8,11H,1-3,6-7H2. The number of nitrogens with zero attached hydrogens (tertiary/aromatic N) is 1. The van der Waals surface area contributed by atoms with Gasteiger partial charge in [-0.05, 0) is 31.4 Å². The number of hydrogen-bond donors (Lipinski definition) is 1. The molecule has 1 aliphatic rings. The van der Waals surface area contributed by atoms with E-state index in [-0.39, 0.29) is 5.88 Å². The van der Waals surface area contributed by atoms with E-state index in [2.05, 4.69) is 5.32 Å². The van der Waals surface area contributed by atoms with Gasteiger partial charge in [0.1, 0.15) is 10.7 Å². The van der Waals surface area contributed by atoms with Crippen molar-refractivity contribution in [3.63, 3.8) is 0 Å². The third-order valence-electron chi connectivity index (χ3n) is 2.78. The lowest BCUT2D eigenvalue weighted by Crippen LogP contribution is -2.26. The topological polar surface area (TPSA) is 68.3 Å². The van der Waals surface area contributed by atoms with E-state index in [1.807, 2.05) is 0 Å². The Morgan fingerprint density at radius 1 is 1.53 bits per heavy atom. The minimum atomic E-state index is -0.518. The van der Waals surface area contributed by atoms with Gasteiger partial charge in [-0.25, -0.2) is 0 Å². The first-order valence-electron chi connectivity index (χ1n) is 5.19.